The molecule has 5 heteroatoms. The van der Waals surface area contributed by atoms with Gasteiger partial charge in [-0.25, -0.2) is 9.18 Å². The fourth-order valence-corrected chi connectivity index (χ4v) is 2.54. The maximum Gasteiger partial charge on any atom is 0.342 e. The molecule has 0 bridgehead atoms. The van der Waals surface area contributed by atoms with E-state index in [1.807, 2.05) is 6.07 Å². The molecule has 1 aromatic heterocycles. The summed E-state index contributed by atoms with van der Waals surface area (Å²) in [4.78, 5) is 12.1. The second-order valence-electron chi connectivity index (χ2n) is 4.45. The summed E-state index contributed by atoms with van der Waals surface area (Å²) in [5, 5.41) is 0.649. The summed E-state index contributed by atoms with van der Waals surface area (Å²) in [6.45, 7) is 0. The van der Waals surface area contributed by atoms with Crippen molar-refractivity contribution in [2.24, 2.45) is 0 Å². The van der Waals surface area contributed by atoms with Gasteiger partial charge in [0.25, 0.3) is 0 Å². The number of methoxy groups -OCH3 is 1. The first-order chi connectivity index (χ1) is 10.1. The molecule has 0 radical (unpaired) electrons. The summed E-state index contributed by atoms with van der Waals surface area (Å²) >= 11 is 3.37. The van der Waals surface area contributed by atoms with Gasteiger partial charge in [0, 0.05) is 15.4 Å². The van der Waals surface area contributed by atoms with E-state index >= 15 is 0 Å². The first-order valence-electron chi connectivity index (χ1n) is 6.16. The van der Waals surface area contributed by atoms with E-state index in [1.54, 1.807) is 24.3 Å². The predicted molar refractivity (Wildman–Crippen MR) is 80.6 cm³/mol. The van der Waals surface area contributed by atoms with Crippen LogP contribution in [0.5, 0.6) is 0 Å². The molecule has 2 aromatic carbocycles. The third-order valence-electron chi connectivity index (χ3n) is 3.15. The van der Waals surface area contributed by atoms with Crippen molar-refractivity contribution < 1.29 is 18.3 Å². The van der Waals surface area contributed by atoms with Crippen molar-refractivity contribution in [1.82, 2.24) is 0 Å². The summed E-state index contributed by atoms with van der Waals surface area (Å²) < 4.78 is 24.5. The normalized spacial score (nSPS) is 10.8. The minimum atomic E-state index is -0.494. The second kappa shape index (κ2) is 5.33. The summed E-state index contributed by atoms with van der Waals surface area (Å²) in [6, 6.07) is 11.1. The minimum absolute atomic E-state index is 0.334. The number of hydrogen-bond acceptors (Lipinski definition) is 3. The van der Waals surface area contributed by atoms with Gasteiger partial charge in [0.1, 0.15) is 22.7 Å². The Kier molecular flexibility index (Phi) is 3.51. The van der Waals surface area contributed by atoms with Crippen LogP contribution in [0, 0.1) is 5.82 Å². The fourth-order valence-electron chi connectivity index (χ4n) is 2.18. The molecular formula is C16H10BrFO3. The molecule has 1 heterocycles. The van der Waals surface area contributed by atoms with E-state index in [2.05, 4.69) is 15.9 Å². The quantitative estimate of drug-likeness (QED) is 0.625. The SMILES string of the molecule is COC(=O)c1c(-c2ccc(F)cc2)oc2ccc(Br)cc12. The van der Waals surface area contributed by atoms with Crippen molar-refractivity contribution in [2.45, 2.75) is 0 Å². The largest absolute Gasteiger partial charge is 0.465 e. The van der Waals surface area contributed by atoms with Crippen LogP contribution in [0.15, 0.2) is 51.4 Å². The van der Waals surface area contributed by atoms with Crippen molar-refractivity contribution in [3.8, 4) is 11.3 Å². The van der Waals surface area contributed by atoms with E-state index < -0.39 is 5.97 Å². The molecule has 106 valence electrons. The highest BCUT2D eigenvalue weighted by atomic mass is 79.9. The molecule has 0 spiro atoms. The monoisotopic (exact) mass is 348 g/mol. The number of carbonyl (C=O) groups excluding carboxylic acids is 1. The zero-order chi connectivity index (χ0) is 15.0. The van der Waals surface area contributed by atoms with Gasteiger partial charge in [0.05, 0.1) is 7.11 Å². The summed E-state index contributed by atoms with van der Waals surface area (Å²) in [7, 11) is 1.31. The minimum Gasteiger partial charge on any atom is -0.465 e. The van der Waals surface area contributed by atoms with Gasteiger partial charge in [-0.3, -0.25) is 0 Å². The maximum atomic E-state index is 13.1. The summed E-state index contributed by atoms with van der Waals surface area (Å²) in [5.74, 6) is -0.474. The van der Waals surface area contributed by atoms with Gasteiger partial charge in [0.15, 0.2) is 0 Å². The Hall–Kier alpha value is -2.14. The number of furan rings is 1. The molecular weight excluding hydrogens is 339 g/mol. The Morgan fingerprint density at radius 3 is 2.57 bits per heavy atom. The van der Waals surface area contributed by atoms with Gasteiger partial charge in [0.2, 0.25) is 0 Å². The number of rotatable bonds is 2. The van der Waals surface area contributed by atoms with Crippen molar-refractivity contribution in [3.63, 3.8) is 0 Å². The Labute approximate surface area is 128 Å². The molecule has 0 unspecified atom stereocenters. The van der Waals surface area contributed by atoms with Crippen LogP contribution < -0.4 is 0 Å². The number of ether oxygens (including phenoxy) is 1. The van der Waals surface area contributed by atoms with Crippen LogP contribution >= 0.6 is 15.9 Å². The first kappa shape index (κ1) is 13.8. The molecule has 0 fully saturated rings. The van der Waals surface area contributed by atoms with Crippen molar-refractivity contribution in [1.29, 1.82) is 0 Å². The molecule has 3 aromatic rings. The Balaban J connectivity index is 2.30. The van der Waals surface area contributed by atoms with Gasteiger partial charge < -0.3 is 9.15 Å². The van der Waals surface area contributed by atoms with Crippen molar-refractivity contribution in [2.75, 3.05) is 7.11 Å². The van der Waals surface area contributed by atoms with Gasteiger partial charge in [-0.05, 0) is 42.5 Å². The number of benzene rings is 2. The van der Waals surface area contributed by atoms with Crippen LogP contribution in [0.4, 0.5) is 4.39 Å². The lowest BCUT2D eigenvalue weighted by Crippen LogP contribution is -2.01. The number of carbonyl (C=O) groups is 1. The molecule has 21 heavy (non-hydrogen) atoms. The van der Waals surface area contributed by atoms with Crippen LogP contribution in [0.25, 0.3) is 22.3 Å². The second-order valence-corrected chi connectivity index (χ2v) is 5.36. The van der Waals surface area contributed by atoms with E-state index in [4.69, 9.17) is 9.15 Å². The first-order valence-corrected chi connectivity index (χ1v) is 6.96. The third kappa shape index (κ3) is 2.45. The highest BCUT2D eigenvalue weighted by molar-refractivity contribution is 9.10. The van der Waals surface area contributed by atoms with Gasteiger partial charge in [-0.15, -0.1) is 0 Å². The zero-order valence-corrected chi connectivity index (χ0v) is 12.6. The molecule has 3 rings (SSSR count). The molecule has 0 aliphatic heterocycles. The Bertz CT molecular complexity index is 821. The van der Waals surface area contributed by atoms with Crippen molar-refractivity contribution in [3.05, 3.63) is 58.3 Å². The fraction of sp³-hybridized carbons (Fsp3) is 0.0625. The van der Waals surface area contributed by atoms with E-state index in [9.17, 15) is 9.18 Å². The average molecular weight is 349 g/mol. The van der Waals surface area contributed by atoms with Gasteiger partial charge >= 0.3 is 5.97 Å². The van der Waals surface area contributed by atoms with Crippen LogP contribution in [-0.2, 0) is 4.74 Å². The van der Waals surface area contributed by atoms with Crippen molar-refractivity contribution >= 4 is 32.9 Å². The van der Waals surface area contributed by atoms with Crippen LogP contribution in [0.2, 0.25) is 0 Å². The molecule has 0 saturated heterocycles. The molecule has 0 aliphatic carbocycles. The number of esters is 1. The van der Waals surface area contributed by atoms with E-state index in [1.165, 1.54) is 19.2 Å². The topological polar surface area (TPSA) is 39.4 Å². The van der Waals surface area contributed by atoms with Crippen LogP contribution in [-0.4, -0.2) is 13.1 Å². The van der Waals surface area contributed by atoms with Gasteiger partial charge in [-0.1, -0.05) is 15.9 Å². The van der Waals surface area contributed by atoms with Crippen LogP contribution in [0.1, 0.15) is 10.4 Å². The highest BCUT2D eigenvalue weighted by Gasteiger charge is 2.22. The van der Waals surface area contributed by atoms with Crippen LogP contribution in [0.3, 0.4) is 0 Å². The molecule has 0 aliphatic rings. The predicted octanol–water partition coefficient (Wildman–Crippen LogP) is 4.79. The third-order valence-corrected chi connectivity index (χ3v) is 3.64. The Morgan fingerprint density at radius 1 is 1.19 bits per heavy atom. The number of hydrogen-bond donors (Lipinski definition) is 0. The molecule has 0 amide bonds. The average Bonchev–Trinajstić information content (AvgIpc) is 2.85. The van der Waals surface area contributed by atoms with E-state index in [0.717, 1.165) is 4.47 Å². The smallest absolute Gasteiger partial charge is 0.342 e. The molecule has 0 N–H and O–H groups in total. The Morgan fingerprint density at radius 2 is 1.90 bits per heavy atom. The summed E-state index contributed by atoms with van der Waals surface area (Å²) in [6.07, 6.45) is 0. The van der Waals surface area contributed by atoms with E-state index in [-0.39, 0.29) is 5.82 Å². The lowest BCUT2D eigenvalue weighted by Gasteiger charge is -2.01. The lowest BCUT2D eigenvalue weighted by molar-refractivity contribution is 0.0603. The van der Waals surface area contributed by atoms with Gasteiger partial charge in [-0.2, -0.15) is 0 Å². The standard InChI is InChI=1S/C16H10BrFO3/c1-20-16(19)14-12-8-10(17)4-7-13(12)21-15(14)9-2-5-11(18)6-3-9/h2-8H,1H3. The molecule has 0 atom stereocenters. The van der Waals surface area contributed by atoms with E-state index in [0.29, 0.717) is 27.9 Å². The molecule has 0 saturated carbocycles. The number of halogens is 2. The zero-order valence-electron chi connectivity index (χ0n) is 11.0. The lowest BCUT2D eigenvalue weighted by atomic mass is 10.1. The maximum absolute atomic E-state index is 13.1. The molecule has 3 nitrogen and oxygen atoms in total. The summed E-state index contributed by atoms with van der Waals surface area (Å²) in [5.41, 5.74) is 1.52. The highest BCUT2D eigenvalue weighted by Crippen LogP contribution is 2.35. The number of fused-ring (bicyclic) bond motifs is 1.